The summed E-state index contributed by atoms with van der Waals surface area (Å²) in [5.74, 6) is 0.808. The Morgan fingerprint density at radius 1 is 0.763 bits per heavy atom. The molecule has 0 unspecified atom stereocenters. The number of benzene rings is 3. The third-order valence-corrected chi connectivity index (χ3v) is 7.00. The number of nitrogens with zero attached hydrogens (tertiary/aromatic N) is 3. The zero-order chi connectivity index (χ0) is 25.9. The highest BCUT2D eigenvalue weighted by atomic mass is 16.7. The number of pyridine rings is 2. The Labute approximate surface area is 224 Å². The molecule has 6 rings (SSSR count). The molecule has 0 amide bonds. The Kier molecular flexibility index (Phi) is 6.76. The van der Waals surface area contributed by atoms with Crippen molar-refractivity contribution in [3.05, 3.63) is 126 Å². The smallest absolute Gasteiger partial charge is 0.289 e. The van der Waals surface area contributed by atoms with E-state index in [0.717, 1.165) is 62.8 Å². The standard InChI is InChI=1S/C33H30BN3O/c1-23-14-16-27-10-6-12-29(32(27)35-23)22-37(34-31-13-7-11-28-17-15-24(2)36-33(28)31)38-30-20-18-26(19-21-30)25-8-4-3-5-9-25/h4,6-21,34H,3,5,22H2,1-2H3. The van der Waals surface area contributed by atoms with E-state index >= 15 is 0 Å². The van der Waals surface area contributed by atoms with E-state index in [1.165, 1.54) is 11.1 Å². The second-order valence-electron chi connectivity index (χ2n) is 9.94. The van der Waals surface area contributed by atoms with Gasteiger partial charge in [-0.05, 0) is 78.5 Å². The largest absolute Gasteiger partial charge is 0.417 e. The van der Waals surface area contributed by atoms with Crippen molar-refractivity contribution in [2.24, 2.45) is 0 Å². The molecule has 5 heteroatoms. The lowest BCUT2D eigenvalue weighted by atomic mass is 9.80. The summed E-state index contributed by atoms with van der Waals surface area (Å²) in [6, 6.07) is 29.5. The van der Waals surface area contributed by atoms with Crippen LogP contribution in [-0.4, -0.2) is 22.4 Å². The van der Waals surface area contributed by atoms with Gasteiger partial charge in [-0.1, -0.05) is 78.9 Å². The fourth-order valence-electron chi connectivity index (χ4n) is 5.05. The average Bonchev–Trinajstić information content (AvgIpc) is 2.94. The number of aromatic nitrogens is 2. The first-order chi connectivity index (χ1) is 18.6. The molecule has 0 radical (unpaired) electrons. The Bertz CT molecular complexity index is 1590. The van der Waals surface area contributed by atoms with Gasteiger partial charge in [0, 0.05) is 23.3 Å². The molecular weight excluding hydrogens is 465 g/mol. The minimum absolute atomic E-state index is 0.589. The molecule has 0 atom stereocenters. The van der Waals surface area contributed by atoms with E-state index in [4.69, 9.17) is 14.8 Å². The van der Waals surface area contributed by atoms with Gasteiger partial charge >= 0.3 is 0 Å². The summed E-state index contributed by atoms with van der Waals surface area (Å²) in [7, 11) is 0.589. The Hall–Kier alpha value is -4.22. The third-order valence-electron chi connectivity index (χ3n) is 7.00. The first kappa shape index (κ1) is 24.1. The fraction of sp³-hybridized carbons (Fsp3) is 0.152. The molecule has 5 aromatic rings. The Morgan fingerprint density at radius 3 is 2.21 bits per heavy atom. The van der Waals surface area contributed by atoms with Crippen LogP contribution in [0.1, 0.15) is 35.4 Å². The highest BCUT2D eigenvalue weighted by Crippen LogP contribution is 2.25. The van der Waals surface area contributed by atoms with Gasteiger partial charge in [0.1, 0.15) is 5.75 Å². The molecule has 0 bridgehead atoms. The van der Waals surface area contributed by atoms with Crippen molar-refractivity contribution in [1.82, 2.24) is 14.9 Å². The molecule has 0 saturated heterocycles. The van der Waals surface area contributed by atoms with Crippen LogP contribution in [0, 0.1) is 13.8 Å². The van der Waals surface area contributed by atoms with Gasteiger partial charge in [0.25, 0.3) is 7.41 Å². The summed E-state index contributed by atoms with van der Waals surface area (Å²) in [5.41, 5.74) is 8.78. The maximum Gasteiger partial charge on any atom is 0.289 e. The highest BCUT2D eigenvalue weighted by Gasteiger charge is 2.17. The first-order valence-electron chi connectivity index (χ1n) is 13.2. The molecule has 0 saturated carbocycles. The zero-order valence-corrected chi connectivity index (χ0v) is 21.9. The summed E-state index contributed by atoms with van der Waals surface area (Å²) in [6.45, 7) is 4.66. The van der Waals surface area contributed by atoms with Gasteiger partial charge < -0.3 is 4.84 Å². The molecule has 2 heterocycles. The van der Waals surface area contributed by atoms with Crippen molar-refractivity contribution < 1.29 is 4.84 Å². The molecule has 38 heavy (non-hydrogen) atoms. The molecule has 3 aromatic carbocycles. The van der Waals surface area contributed by atoms with Crippen molar-refractivity contribution in [3.63, 3.8) is 0 Å². The van der Waals surface area contributed by atoms with Crippen molar-refractivity contribution in [2.45, 2.75) is 33.2 Å². The van der Waals surface area contributed by atoms with Crippen molar-refractivity contribution in [1.29, 1.82) is 0 Å². The predicted octanol–water partition coefficient (Wildman–Crippen LogP) is 6.61. The van der Waals surface area contributed by atoms with E-state index in [2.05, 4.69) is 103 Å². The zero-order valence-electron chi connectivity index (χ0n) is 21.9. The van der Waals surface area contributed by atoms with Crippen LogP contribution >= 0.6 is 0 Å². The molecule has 0 spiro atoms. The maximum atomic E-state index is 6.56. The minimum Gasteiger partial charge on any atom is -0.417 e. The number of hydrogen-bond acceptors (Lipinski definition) is 4. The van der Waals surface area contributed by atoms with Gasteiger partial charge in [0.15, 0.2) is 0 Å². The van der Waals surface area contributed by atoms with Crippen molar-refractivity contribution in [3.8, 4) is 5.75 Å². The highest BCUT2D eigenvalue weighted by molar-refractivity contribution is 6.53. The number of fused-ring (bicyclic) bond motifs is 2. The van der Waals surface area contributed by atoms with E-state index in [1.54, 1.807) is 0 Å². The van der Waals surface area contributed by atoms with Gasteiger partial charge in [-0.3, -0.25) is 9.97 Å². The van der Waals surface area contributed by atoms with E-state index < -0.39 is 0 Å². The second-order valence-corrected chi connectivity index (χ2v) is 9.94. The number of rotatable bonds is 7. The van der Waals surface area contributed by atoms with E-state index in [9.17, 15) is 0 Å². The topological polar surface area (TPSA) is 38.2 Å². The van der Waals surface area contributed by atoms with Crippen LogP contribution in [0.15, 0.2) is 103 Å². The predicted molar refractivity (Wildman–Crippen MR) is 159 cm³/mol. The van der Waals surface area contributed by atoms with Crippen molar-refractivity contribution >= 4 is 40.3 Å². The van der Waals surface area contributed by atoms with Crippen LogP contribution in [0.5, 0.6) is 5.75 Å². The van der Waals surface area contributed by atoms with Crippen LogP contribution in [-0.2, 0) is 6.54 Å². The summed E-state index contributed by atoms with van der Waals surface area (Å²) in [6.07, 6.45) is 8.95. The number of para-hydroxylation sites is 2. The molecule has 1 aliphatic rings. The van der Waals surface area contributed by atoms with Crippen LogP contribution in [0.3, 0.4) is 0 Å². The molecular formula is C33H30BN3O. The average molecular weight is 495 g/mol. The van der Waals surface area contributed by atoms with Gasteiger partial charge in [-0.15, -0.1) is 0 Å². The first-order valence-corrected chi connectivity index (χ1v) is 13.2. The number of hydrogen-bond donors (Lipinski definition) is 0. The molecule has 1 aliphatic carbocycles. The normalized spacial score (nSPS) is 13.2. The summed E-state index contributed by atoms with van der Waals surface area (Å²) in [4.78, 5) is 18.3. The number of hydroxylamine groups is 1. The molecule has 4 nitrogen and oxygen atoms in total. The summed E-state index contributed by atoms with van der Waals surface area (Å²) >= 11 is 0. The quantitative estimate of drug-likeness (QED) is 0.188. The SMILES string of the molecule is Cc1ccc2cccc(BN(Cc3cccc4ccc(C)nc34)Oc3ccc(C4=CCCC=C4)cc3)c2n1. The molecule has 0 N–H and O–H groups in total. The summed E-state index contributed by atoms with van der Waals surface area (Å²) < 4.78 is 0. The van der Waals surface area contributed by atoms with Gasteiger partial charge in [-0.2, -0.15) is 4.97 Å². The second kappa shape index (κ2) is 10.6. The Morgan fingerprint density at radius 2 is 1.47 bits per heavy atom. The molecule has 0 aliphatic heterocycles. The van der Waals surface area contributed by atoms with Crippen LogP contribution in [0.25, 0.3) is 27.4 Å². The number of allylic oxidation sites excluding steroid dienone is 4. The van der Waals surface area contributed by atoms with Crippen molar-refractivity contribution in [2.75, 3.05) is 0 Å². The lowest BCUT2D eigenvalue weighted by Gasteiger charge is -2.24. The van der Waals surface area contributed by atoms with E-state index in [0.29, 0.717) is 14.0 Å². The molecule has 186 valence electrons. The lowest BCUT2D eigenvalue weighted by Crippen LogP contribution is -2.38. The molecule has 0 fully saturated rings. The maximum absolute atomic E-state index is 6.56. The van der Waals surface area contributed by atoms with E-state index in [-0.39, 0.29) is 0 Å². The van der Waals surface area contributed by atoms with Crippen LogP contribution in [0.4, 0.5) is 0 Å². The van der Waals surface area contributed by atoms with Gasteiger partial charge in [0.2, 0.25) is 0 Å². The van der Waals surface area contributed by atoms with Gasteiger partial charge in [-0.25, -0.2) is 0 Å². The van der Waals surface area contributed by atoms with Gasteiger partial charge in [0.05, 0.1) is 11.0 Å². The molecule has 2 aromatic heterocycles. The summed E-state index contributed by atoms with van der Waals surface area (Å²) in [5, 5.41) is 2.27. The third kappa shape index (κ3) is 5.24. The monoisotopic (exact) mass is 495 g/mol. The minimum atomic E-state index is 0.589. The Balaban J connectivity index is 1.34. The fourth-order valence-corrected chi connectivity index (χ4v) is 5.05. The van der Waals surface area contributed by atoms with E-state index in [1.807, 2.05) is 18.8 Å². The van der Waals surface area contributed by atoms with Crippen LogP contribution < -0.4 is 10.3 Å². The van der Waals surface area contributed by atoms with Crippen LogP contribution in [0.2, 0.25) is 0 Å². The lowest BCUT2D eigenvalue weighted by molar-refractivity contribution is 0.0273. The number of aryl methyl sites for hydroxylation is 2.